The van der Waals surface area contributed by atoms with Gasteiger partial charge in [-0.05, 0) is 62.9 Å². The first-order chi connectivity index (χ1) is 12.7. The van der Waals surface area contributed by atoms with Crippen molar-refractivity contribution in [2.45, 2.75) is 38.0 Å². The Kier molecular flexibility index (Phi) is 5.28. The lowest BCUT2D eigenvalue weighted by Crippen LogP contribution is -2.36. The number of halogens is 1. The molecule has 1 N–H and O–H groups in total. The molecule has 1 aliphatic heterocycles. The summed E-state index contributed by atoms with van der Waals surface area (Å²) in [7, 11) is -2.22. The predicted octanol–water partition coefficient (Wildman–Crippen LogP) is 3.21. The SMILES string of the molecule is Cc1cc(F)ccc1NS(=O)(=O)c1cc(C(=O)N2CCCCC2)n(C)c1C. The molecule has 8 heteroatoms. The van der Waals surface area contributed by atoms with E-state index in [1.54, 1.807) is 30.4 Å². The minimum absolute atomic E-state index is 0.0501. The maximum absolute atomic E-state index is 13.3. The van der Waals surface area contributed by atoms with Gasteiger partial charge in [-0.3, -0.25) is 9.52 Å². The Bertz CT molecular complexity index is 976. The highest BCUT2D eigenvalue weighted by Gasteiger charge is 2.27. The first-order valence-corrected chi connectivity index (χ1v) is 10.4. The van der Waals surface area contributed by atoms with E-state index in [1.165, 1.54) is 24.3 Å². The second kappa shape index (κ2) is 7.34. The molecular weight excluding hydrogens is 369 g/mol. The van der Waals surface area contributed by atoms with E-state index in [2.05, 4.69) is 4.72 Å². The van der Waals surface area contributed by atoms with Crippen LogP contribution in [-0.2, 0) is 17.1 Å². The van der Waals surface area contributed by atoms with E-state index in [4.69, 9.17) is 0 Å². The minimum atomic E-state index is -3.91. The van der Waals surface area contributed by atoms with E-state index in [0.29, 0.717) is 35.7 Å². The lowest BCUT2D eigenvalue weighted by Gasteiger charge is -2.26. The quantitative estimate of drug-likeness (QED) is 0.867. The fourth-order valence-corrected chi connectivity index (χ4v) is 4.77. The Labute approximate surface area is 159 Å². The average Bonchev–Trinajstić information content (AvgIpc) is 2.94. The smallest absolute Gasteiger partial charge is 0.270 e. The van der Waals surface area contributed by atoms with Crippen molar-refractivity contribution in [1.82, 2.24) is 9.47 Å². The number of amides is 1. The van der Waals surface area contributed by atoms with Gasteiger partial charge < -0.3 is 9.47 Å². The number of carbonyl (C=O) groups is 1. The number of benzene rings is 1. The van der Waals surface area contributed by atoms with E-state index in [-0.39, 0.29) is 10.8 Å². The van der Waals surface area contributed by atoms with Crippen LogP contribution in [0.4, 0.5) is 10.1 Å². The van der Waals surface area contributed by atoms with E-state index in [1.807, 2.05) is 0 Å². The van der Waals surface area contributed by atoms with Gasteiger partial charge in [-0.15, -0.1) is 0 Å². The van der Waals surface area contributed by atoms with Crippen molar-refractivity contribution in [3.8, 4) is 0 Å². The number of anilines is 1. The summed E-state index contributed by atoms with van der Waals surface area (Å²) in [5, 5.41) is 0. The summed E-state index contributed by atoms with van der Waals surface area (Å²) >= 11 is 0. The molecule has 0 aliphatic carbocycles. The Morgan fingerprint density at radius 3 is 2.41 bits per heavy atom. The van der Waals surface area contributed by atoms with Crippen molar-refractivity contribution in [3.63, 3.8) is 0 Å². The standard InChI is InChI=1S/C19H24FN3O3S/c1-13-11-15(20)7-8-16(13)21-27(25,26)18-12-17(22(3)14(18)2)19(24)23-9-5-4-6-10-23/h7-8,11-12,21H,4-6,9-10H2,1-3H3. The normalized spacial score (nSPS) is 15.0. The molecule has 1 saturated heterocycles. The number of rotatable bonds is 4. The van der Waals surface area contributed by atoms with Crippen molar-refractivity contribution in [2.24, 2.45) is 7.05 Å². The maximum atomic E-state index is 13.3. The van der Waals surface area contributed by atoms with Gasteiger partial charge in [0.25, 0.3) is 15.9 Å². The Hall–Kier alpha value is -2.35. The third-order valence-corrected chi connectivity index (χ3v) is 6.55. The molecule has 1 amide bonds. The van der Waals surface area contributed by atoms with Gasteiger partial charge in [-0.2, -0.15) is 0 Å². The zero-order valence-corrected chi connectivity index (χ0v) is 16.6. The van der Waals surface area contributed by atoms with Crippen LogP contribution in [0.2, 0.25) is 0 Å². The molecule has 0 spiro atoms. The monoisotopic (exact) mass is 393 g/mol. The Morgan fingerprint density at radius 2 is 1.78 bits per heavy atom. The lowest BCUT2D eigenvalue weighted by atomic mass is 10.1. The number of aromatic nitrogens is 1. The van der Waals surface area contributed by atoms with Gasteiger partial charge in [0, 0.05) is 25.8 Å². The highest BCUT2D eigenvalue weighted by molar-refractivity contribution is 7.92. The van der Waals surface area contributed by atoms with E-state index in [0.717, 1.165) is 19.3 Å². The van der Waals surface area contributed by atoms with E-state index < -0.39 is 15.8 Å². The summed E-state index contributed by atoms with van der Waals surface area (Å²) in [5.41, 5.74) is 1.62. The van der Waals surface area contributed by atoms with Gasteiger partial charge in [0.1, 0.15) is 16.4 Å². The van der Waals surface area contributed by atoms with E-state index >= 15 is 0 Å². The van der Waals surface area contributed by atoms with Crippen LogP contribution in [0, 0.1) is 19.7 Å². The molecule has 0 unspecified atom stereocenters. The summed E-state index contributed by atoms with van der Waals surface area (Å²) in [6.45, 7) is 4.68. The predicted molar refractivity (Wildman–Crippen MR) is 102 cm³/mol. The highest BCUT2D eigenvalue weighted by atomic mass is 32.2. The Balaban J connectivity index is 1.93. The molecular formula is C19H24FN3O3S. The number of sulfonamides is 1. The van der Waals surface area contributed by atoms with Crippen LogP contribution in [0.3, 0.4) is 0 Å². The molecule has 2 aromatic rings. The third kappa shape index (κ3) is 3.85. The topological polar surface area (TPSA) is 71.4 Å². The van der Waals surface area contributed by atoms with Gasteiger partial charge in [0.05, 0.1) is 5.69 Å². The van der Waals surface area contributed by atoms with Gasteiger partial charge in [-0.1, -0.05) is 0 Å². The molecule has 146 valence electrons. The van der Waals surface area contributed by atoms with Crippen molar-refractivity contribution in [1.29, 1.82) is 0 Å². The van der Waals surface area contributed by atoms with E-state index in [9.17, 15) is 17.6 Å². The van der Waals surface area contributed by atoms with Crippen molar-refractivity contribution < 1.29 is 17.6 Å². The van der Waals surface area contributed by atoms with Crippen molar-refractivity contribution >= 4 is 21.6 Å². The molecule has 1 aromatic heterocycles. The van der Waals surface area contributed by atoms with Crippen LogP contribution in [0.25, 0.3) is 0 Å². The zero-order valence-electron chi connectivity index (χ0n) is 15.8. The molecule has 0 radical (unpaired) electrons. The number of nitrogens with zero attached hydrogens (tertiary/aromatic N) is 2. The third-order valence-electron chi connectivity index (χ3n) is 5.07. The average molecular weight is 393 g/mol. The number of likely N-dealkylation sites (tertiary alicyclic amines) is 1. The van der Waals surface area contributed by atoms with Crippen LogP contribution < -0.4 is 4.72 Å². The second-order valence-electron chi connectivity index (χ2n) is 6.96. The molecule has 0 saturated carbocycles. The molecule has 27 heavy (non-hydrogen) atoms. The largest absolute Gasteiger partial charge is 0.343 e. The number of hydrogen-bond donors (Lipinski definition) is 1. The Morgan fingerprint density at radius 1 is 1.11 bits per heavy atom. The molecule has 1 aromatic carbocycles. The summed E-state index contributed by atoms with van der Waals surface area (Å²) in [4.78, 5) is 14.6. The summed E-state index contributed by atoms with van der Waals surface area (Å²) in [6, 6.07) is 5.28. The minimum Gasteiger partial charge on any atom is -0.343 e. The number of carbonyl (C=O) groups excluding carboxylic acids is 1. The molecule has 0 bridgehead atoms. The summed E-state index contributed by atoms with van der Waals surface area (Å²) in [5.74, 6) is -0.583. The zero-order chi connectivity index (χ0) is 19.8. The fraction of sp³-hybridized carbons (Fsp3) is 0.421. The van der Waals surface area contributed by atoms with Crippen LogP contribution >= 0.6 is 0 Å². The molecule has 3 rings (SSSR count). The van der Waals surface area contributed by atoms with Crippen molar-refractivity contribution in [2.75, 3.05) is 17.8 Å². The molecule has 6 nitrogen and oxygen atoms in total. The first kappa shape index (κ1) is 19.4. The van der Waals surface area contributed by atoms with Crippen molar-refractivity contribution in [3.05, 3.63) is 47.0 Å². The maximum Gasteiger partial charge on any atom is 0.270 e. The summed E-state index contributed by atoms with van der Waals surface area (Å²) in [6.07, 6.45) is 3.04. The highest BCUT2D eigenvalue weighted by Crippen LogP contribution is 2.26. The number of hydrogen-bond acceptors (Lipinski definition) is 3. The molecule has 1 aliphatic rings. The van der Waals surface area contributed by atoms with Gasteiger partial charge >= 0.3 is 0 Å². The molecule has 2 heterocycles. The fourth-order valence-electron chi connectivity index (χ4n) is 3.35. The summed E-state index contributed by atoms with van der Waals surface area (Å²) < 4.78 is 43.1. The molecule has 0 atom stereocenters. The van der Waals surface area contributed by atoms with Crippen LogP contribution in [0.15, 0.2) is 29.2 Å². The number of piperidine rings is 1. The van der Waals surface area contributed by atoms with Crippen LogP contribution in [0.1, 0.15) is 41.0 Å². The lowest BCUT2D eigenvalue weighted by molar-refractivity contribution is 0.0714. The number of aryl methyl sites for hydroxylation is 1. The van der Waals surface area contributed by atoms with Crippen LogP contribution in [0.5, 0.6) is 0 Å². The van der Waals surface area contributed by atoms with Gasteiger partial charge in [0.2, 0.25) is 0 Å². The number of nitrogens with one attached hydrogen (secondary N) is 1. The van der Waals surface area contributed by atoms with Crippen LogP contribution in [-0.4, -0.2) is 36.9 Å². The van der Waals surface area contributed by atoms with Gasteiger partial charge in [-0.25, -0.2) is 12.8 Å². The van der Waals surface area contributed by atoms with Gasteiger partial charge in [0.15, 0.2) is 0 Å². The second-order valence-corrected chi connectivity index (χ2v) is 8.61. The molecule has 1 fully saturated rings. The first-order valence-electron chi connectivity index (χ1n) is 8.95.